The molecule has 15 heavy (non-hydrogen) atoms. The van der Waals surface area contributed by atoms with Crippen LogP contribution in [-0.4, -0.2) is 5.78 Å². The third-order valence-electron chi connectivity index (χ3n) is 2.81. The van der Waals surface area contributed by atoms with Crippen molar-refractivity contribution in [3.63, 3.8) is 0 Å². The standard InChI is InChI=1S/C12H9BrO2/c13-7-4-5-8-11(6-7)15-10-3-1-2-9(14)12(8)10/h4-6H,1-3H2. The van der Waals surface area contributed by atoms with Gasteiger partial charge in [-0.2, -0.15) is 0 Å². The molecule has 0 N–H and O–H groups in total. The first kappa shape index (κ1) is 9.16. The lowest BCUT2D eigenvalue weighted by molar-refractivity contribution is 0.0971. The van der Waals surface area contributed by atoms with Crippen LogP contribution < -0.4 is 0 Å². The zero-order valence-electron chi connectivity index (χ0n) is 8.05. The number of rotatable bonds is 0. The van der Waals surface area contributed by atoms with E-state index in [2.05, 4.69) is 15.9 Å². The van der Waals surface area contributed by atoms with E-state index in [0.29, 0.717) is 6.42 Å². The molecule has 0 unspecified atom stereocenters. The topological polar surface area (TPSA) is 30.2 Å². The maximum Gasteiger partial charge on any atom is 0.167 e. The van der Waals surface area contributed by atoms with Crippen molar-refractivity contribution < 1.29 is 9.21 Å². The summed E-state index contributed by atoms with van der Waals surface area (Å²) in [7, 11) is 0. The Morgan fingerprint density at radius 3 is 3.00 bits per heavy atom. The molecular weight excluding hydrogens is 256 g/mol. The average Bonchev–Trinajstić information content (AvgIpc) is 2.56. The lowest BCUT2D eigenvalue weighted by Gasteiger charge is -2.07. The molecule has 1 aliphatic rings. The monoisotopic (exact) mass is 264 g/mol. The first-order valence-electron chi connectivity index (χ1n) is 5.00. The van der Waals surface area contributed by atoms with Gasteiger partial charge in [0.25, 0.3) is 0 Å². The summed E-state index contributed by atoms with van der Waals surface area (Å²) in [6.45, 7) is 0. The van der Waals surface area contributed by atoms with Crippen molar-refractivity contribution in [2.75, 3.05) is 0 Å². The zero-order valence-corrected chi connectivity index (χ0v) is 9.63. The molecule has 0 amide bonds. The van der Waals surface area contributed by atoms with Crippen LogP contribution in [0.3, 0.4) is 0 Å². The SMILES string of the molecule is O=C1CCCc2oc3cc(Br)ccc3c21. The highest BCUT2D eigenvalue weighted by atomic mass is 79.9. The van der Waals surface area contributed by atoms with Gasteiger partial charge in [-0.1, -0.05) is 15.9 Å². The summed E-state index contributed by atoms with van der Waals surface area (Å²) in [5.41, 5.74) is 1.62. The van der Waals surface area contributed by atoms with Gasteiger partial charge in [-0.05, 0) is 24.6 Å². The fourth-order valence-electron chi connectivity index (χ4n) is 2.14. The van der Waals surface area contributed by atoms with Crippen molar-refractivity contribution in [3.05, 3.63) is 34.0 Å². The Hall–Kier alpha value is -1.09. The number of halogens is 1. The van der Waals surface area contributed by atoms with Gasteiger partial charge in [-0.3, -0.25) is 4.79 Å². The summed E-state index contributed by atoms with van der Waals surface area (Å²) in [5, 5.41) is 0.956. The van der Waals surface area contributed by atoms with Crippen LogP contribution >= 0.6 is 15.9 Å². The number of aryl methyl sites for hydroxylation is 1. The smallest absolute Gasteiger partial charge is 0.167 e. The van der Waals surface area contributed by atoms with Crippen molar-refractivity contribution in [3.8, 4) is 0 Å². The maximum absolute atomic E-state index is 11.8. The number of hydrogen-bond acceptors (Lipinski definition) is 2. The van der Waals surface area contributed by atoms with E-state index >= 15 is 0 Å². The second-order valence-corrected chi connectivity index (χ2v) is 4.73. The molecular formula is C12H9BrO2. The summed E-state index contributed by atoms with van der Waals surface area (Å²) in [6, 6.07) is 5.81. The summed E-state index contributed by atoms with van der Waals surface area (Å²) in [6.07, 6.45) is 2.44. The Balaban J connectivity index is 2.36. The second-order valence-electron chi connectivity index (χ2n) is 3.82. The molecule has 0 spiro atoms. The van der Waals surface area contributed by atoms with Crippen LogP contribution in [0.5, 0.6) is 0 Å². The van der Waals surface area contributed by atoms with E-state index in [1.807, 2.05) is 18.2 Å². The van der Waals surface area contributed by atoms with Gasteiger partial charge < -0.3 is 4.42 Å². The molecule has 0 aliphatic heterocycles. The molecule has 76 valence electrons. The molecule has 2 aromatic rings. The summed E-state index contributed by atoms with van der Waals surface area (Å²) in [4.78, 5) is 11.8. The van der Waals surface area contributed by atoms with E-state index in [-0.39, 0.29) is 5.78 Å². The van der Waals surface area contributed by atoms with Crippen LogP contribution in [-0.2, 0) is 6.42 Å². The Labute approximate surface area is 95.4 Å². The van der Waals surface area contributed by atoms with Gasteiger partial charge in [0.05, 0.1) is 5.56 Å². The highest BCUT2D eigenvalue weighted by Gasteiger charge is 2.24. The van der Waals surface area contributed by atoms with Crippen LogP contribution in [0.1, 0.15) is 29.0 Å². The van der Waals surface area contributed by atoms with E-state index in [0.717, 1.165) is 39.6 Å². The van der Waals surface area contributed by atoms with E-state index < -0.39 is 0 Å². The molecule has 1 aliphatic carbocycles. The van der Waals surface area contributed by atoms with Crippen molar-refractivity contribution in [2.24, 2.45) is 0 Å². The normalized spacial score (nSPS) is 15.7. The van der Waals surface area contributed by atoms with E-state index in [1.165, 1.54) is 0 Å². The van der Waals surface area contributed by atoms with Gasteiger partial charge >= 0.3 is 0 Å². The first-order chi connectivity index (χ1) is 7.25. The molecule has 0 atom stereocenters. The molecule has 3 rings (SSSR count). The van der Waals surface area contributed by atoms with E-state index in [9.17, 15) is 4.79 Å². The van der Waals surface area contributed by atoms with Crippen molar-refractivity contribution in [2.45, 2.75) is 19.3 Å². The van der Waals surface area contributed by atoms with Gasteiger partial charge in [0.2, 0.25) is 0 Å². The Morgan fingerprint density at radius 1 is 1.27 bits per heavy atom. The van der Waals surface area contributed by atoms with Gasteiger partial charge in [-0.15, -0.1) is 0 Å². The largest absolute Gasteiger partial charge is 0.460 e. The minimum Gasteiger partial charge on any atom is -0.460 e. The van der Waals surface area contributed by atoms with E-state index in [1.54, 1.807) is 0 Å². The fourth-order valence-corrected chi connectivity index (χ4v) is 2.48. The predicted octanol–water partition coefficient (Wildman–Crippen LogP) is 3.71. The zero-order chi connectivity index (χ0) is 10.4. The second kappa shape index (κ2) is 3.20. The number of carbonyl (C=O) groups excluding carboxylic acids is 1. The number of hydrogen-bond donors (Lipinski definition) is 0. The van der Waals surface area contributed by atoms with Crippen LogP contribution in [0.25, 0.3) is 11.0 Å². The molecule has 0 bridgehead atoms. The molecule has 1 aromatic heterocycles. The summed E-state index contributed by atoms with van der Waals surface area (Å²) in [5.74, 6) is 1.08. The quantitative estimate of drug-likeness (QED) is 0.726. The number of ketones is 1. The highest BCUT2D eigenvalue weighted by molar-refractivity contribution is 9.10. The number of benzene rings is 1. The predicted molar refractivity (Wildman–Crippen MR) is 61.2 cm³/mol. The number of furan rings is 1. The number of carbonyl (C=O) groups is 1. The average molecular weight is 265 g/mol. The van der Waals surface area contributed by atoms with Gasteiger partial charge in [0, 0.05) is 22.7 Å². The van der Waals surface area contributed by atoms with Crippen molar-refractivity contribution in [1.82, 2.24) is 0 Å². The van der Waals surface area contributed by atoms with Crippen molar-refractivity contribution >= 4 is 32.7 Å². The molecule has 0 saturated carbocycles. The minimum atomic E-state index is 0.220. The molecule has 2 nitrogen and oxygen atoms in total. The molecule has 1 heterocycles. The number of Topliss-reactive ketones (excluding diaryl/α,β-unsaturated/α-hetero) is 1. The molecule has 0 saturated heterocycles. The van der Waals surface area contributed by atoms with Gasteiger partial charge in [0.15, 0.2) is 5.78 Å². The molecule has 0 radical (unpaired) electrons. The Morgan fingerprint density at radius 2 is 2.13 bits per heavy atom. The van der Waals surface area contributed by atoms with Gasteiger partial charge in [-0.25, -0.2) is 0 Å². The molecule has 3 heteroatoms. The summed E-state index contributed by atoms with van der Waals surface area (Å²) >= 11 is 3.40. The maximum atomic E-state index is 11.8. The summed E-state index contributed by atoms with van der Waals surface area (Å²) < 4.78 is 6.67. The third kappa shape index (κ3) is 1.34. The number of fused-ring (bicyclic) bond motifs is 3. The minimum absolute atomic E-state index is 0.220. The lowest BCUT2D eigenvalue weighted by Crippen LogP contribution is -2.07. The first-order valence-corrected chi connectivity index (χ1v) is 5.79. The van der Waals surface area contributed by atoms with Crippen LogP contribution in [0.15, 0.2) is 27.1 Å². The van der Waals surface area contributed by atoms with Crippen molar-refractivity contribution in [1.29, 1.82) is 0 Å². The Kier molecular flexibility index (Phi) is 1.96. The Bertz CT molecular complexity index is 554. The van der Waals surface area contributed by atoms with Gasteiger partial charge in [0.1, 0.15) is 11.3 Å². The van der Waals surface area contributed by atoms with Crippen LogP contribution in [0.4, 0.5) is 0 Å². The fraction of sp³-hybridized carbons (Fsp3) is 0.250. The highest BCUT2D eigenvalue weighted by Crippen LogP contribution is 2.33. The third-order valence-corrected chi connectivity index (χ3v) is 3.30. The lowest BCUT2D eigenvalue weighted by atomic mass is 9.95. The van der Waals surface area contributed by atoms with Crippen LogP contribution in [0, 0.1) is 0 Å². The van der Waals surface area contributed by atoms with E-state index in [4.69, 9.17) is 4.42 Å². The molecule has 1 aromatic carbocycles. The van der Waals surface area contributed by atoms with Crippen LogP contribution in [0.2, 0.25) is 0 Å². The molecule has 0 fully saturated rings.